The Kier molecular flexibility index (Phi) is 12.2. The highest BCUT2D eigenvalue weighted by molar-refractivity contribution is 9.10. The van der Waals surface area contributed by atoms with Crippen molar-refractivity contribution < 1.29 is 0 Å². The molecule has 0 unspecified atom stereocenters. The van der Waals surface area contributed by atoms with Crippen LogP contribution in [0.15, 0.2) is 142 Å². The third-order valence-electron chi connectivity index (χ3n) is 9.29. The van der Waals surface area contributed by atoms with E-state index in [4.69, 9.17) is 40.4 Å². The molecule has 0 bridgehead atoms. The summed E-state index contributed by atoms with van der Waals surface area (Å²) in [5.41, 5.74) is 26.5. The Labute approximate surface area is 389 Å². The molecule has 0 atom stereocenters. The molecule has 11 aromatic rings. The fourth-order valence-electron chi connectivity index (χ4n) is 6.36. The van der Waals surface area contributed by atoms with Crippen LogP contribution in [0.5, 0.6) is 0 Å². The SMILES string of the molecule is Nc1nc(-c2ccccn2)nc2c(-c3ccccc3Cl)csc12.Nc1nc(-c2ccccn2)nc2c(-c3ccccc3Cl)csc12.Nc1nc(-c2ccccn2)nc2c(Br)csc12. The molecule has 0 spiro atoms. The van der Waals surface area contributed by atoms with Gasteiger partial charge >= 0.3 is 0 Å². The van der Waals surface area contributed by atoms with Crippen LogP contribution in [-0.2, 0) is 0 Å². The van der Waals surface area contributed by atoms with E-state index >= 15 is 0 Å². The van der Waals surface area contributed by atoms with E-state index in [2.05, 4.69) is 60.8 Å². The summed E-state index contributed by atoms with van der Waals surface area (Å²) in [4.78, 5) is 39.7. The molecule has 63 heavy (non-hydrogen) atoms. The minimum absolute atomic E-state index is 0.457. The van der Waals surface area contributed by atoms with E-state index in [0.29, 0.717) is 56.4 Å². The second kappa shape index (κ2) is 18.4. The number of nitrogens with zero attached hydrogens (tertiary/aromatic N) is 9. The first-order valence-corrected chi connectivity index (χ1v) is 23.0. The maximum absolute atomic E-state index is 6.33. The van der Waals surface area contributed by atoms with Gasteiger partial charge in [-0.25, -0.2) is 29.9 Å². The first-order valence-electron chi connectivity index (χ1n) is 18.8. The van der Waals surface area contributed by atoms with E-state index < -0.39 is 0 Å². The molecule has 0 radical (unpaired) electrons. The Hall–Kier alpha value is -6.53. The monoisotopic (exact) mass is 982 g/mol. The van der Waals surface area contributed by atoms with Crippen LogP contribution in [0.3, 0.4) is 0 Å². The summed E-state index contributed by atoms with van der Waals surface area (Å²) < 4.78 is 3.56. The van der Waals surface area contributed by atoms with Crippen molar-refractivity contribution in [3.63, 3.8) is 0 Å². The molecule has 0 aliphatic rings. The molecule has 0 fully saturated rings. The zero-order valence-electron chi connectivity index (χ0n) is 32.4. The van der Waals surface area contributed by atoms with Crippen LogP contribution in [0.1, 0.15) is 0 Å². The second-order valence-electron chi connectivity index (χ2n) is 13.3. The third-order valence-corrected chi connectivity index (χ3v) is 13.8. The number of thiophene rings is 3. The fraction of sp³-hybridized carbons (Fsp3) is 0. The highest BCUT2D eigenvalue weighted by Gasteiger charge is 2.18. The first kappa shape index (κ1) is 41.8. The van der Waals surface area contributed by atoms with Crippen molar-refractivity contribution in [2.24, 2.45) is 0 Å². The predicted molar refractivity (Wildman–Crippen MR) is 264 cm³/mol. The van der Waals surface area contributed by atoms with E-state index in [1.807, 2.05) is 119 Å². The maximum Gasteiger partial charge on any atom is 0.180 e. The lowest BCUT2D eigenvalue weighted by Crippen LogP contribution is -1.97. The number of halogens is 3. The van der Waals surface area contributed by atoms with Gasteiger partial charge in [-0.15, -0.1) is 34.0 Å². The van der Waals surface area contributed by atoms with E-state index in [1.165, 1.54) is 34.0 Å². The van der Waals surface area contributed by atoms with Gasteiger partial charge in [0.25, 0.3) is 0 Å². The predicted octanol–water partition coefficient (Wildman–Crippen LogP) is 12.4. The number of nitrogen functional groups attached to an aromatic ring is 3. The molecule has 0 aliphatic carbocycles. The van der Waals surface area contributed by atoms with Crippen molar-refractivity contribution in [3.05, 3.63) is 152 Å². The van der Waals surface area contributed by atoms with Gasteiger partial charge in [-0.05, 0) is 64.5 Å². The molecule has 18 heteroatoms. The van der Waals surface area contributed by atoms with Crippen LogP contribution in [0.4, 0.5) is 17.5 Å². The number of pyridine rings is 3. The summed E-state index contributed by atoms with van der Waals surface area (Å²) in [6, 6.07) is 32.2. The first-order chi connectivity index (χ1) is 30.7. The van der Waals surface area contributed by atoms with Crippen molar-refractivity contribution in [1.82, 2.24) is 44.9 Å². The van der Waals surface area contributed by atoms with Gasteiger partial charge in [0.05, 0.1) is 29.6 Å². The molecule has 0 amide bonds. The molecule has 0 saturated carbocycles. The molecule has 0 aliphatic heterocycles. The van der Waals surface area contributed by atoms with Crippen LogP contribution >= 0.6 is 73.1 Å². The summed E-state index contributed by atoms with van der Waals surface area (Å²) in [7, 11) is 0. The molecule has 0 saturated heterocycles. The number of benzene rings is 2. The average Bonchev–Trinajstić information content (AvgIpc) is 4.06. The van der Waals surface area contributed by atoms with Gasteiger partial charge in [0.1, 0.15) is 40.1 Å². The molecule has 6 N–H and O–H groups in total. The number of fused-ring (bicyclic) bond motifs is 3. The standard InChI is InChI=1S/2C17H11ClN4S.C11H7BrN4S/c2*18-12-6-2-1-5-10(12)11-9-23-15-14(11)21-17(22-16(15)19)13-7-3-4-8-20-13;12-6-5-17-9-8(6)15-11(16-10(9)13)7-3-1-2-4-14-7/h2*1-9H,(H2,19,21,22);1-5H,(H2,13,15,16). The van der Waals surface area contributed by atoms with Crippen molar-refractivity contribution in [3.8, 4) is 56.8 Å². The molecule has 308 valence electrons. The van der Waals surface area contributed by atoms with Gasteiger partial charge in [0.2, 0.25) is 0 Å². The average molecular weight is 985 g/mol. The topological polar surface area (TPSA) is 194 Å². The summed E-state index contributed by atoms with van der Waals surface area (Å²) in [5.74, 6) is 2.99. The van der Waals surface area contributed by atoms with Gasteiger partial charge in [-0.1, -0.05) is 77.8 Å². The lowest BCUT2D eigenvalue weighted by atomic mass is 10.1. The van der Waals surface area contributed by atoms with Crippen LogP contribution < -0.4 is 17.2 Å². The lowest BCUT2D eigenvalue weighted by molar-refractivity contribution is 1.18. The molecule has 9 heterocycles. The van der Waals surface area contributed by atoms with Gasteiger partial charge in [-0.2, -0.15) is 0 Å². The van der Waals surface area contributed by atoms with Crippen molar-refractivity contribution in [2.45, 2.75) is 0 Å². The summed E-state index contributed by atoms with van der Waals surface area (Å²) >= 11 is 20.7. The highest BCUT2D eigenvalue weighted by Crippen LogP contribution is 2.40. The number of rotatable bonds is 5. The Bertz CT molecular complexity index is 3220. The van der Waals surface area contributed by atoms with E-state index in [-0.39, 0.29) is 0 Å². The van der Waals surface area contributed by atoms with E-state index in [1.54, 1.807) is 18.6 Å². The molecular weight excluding hydrogens is 956 g/mol. The maximum atomic E-state index is 6.33. The highest BCUT2D eigenvalue weighted by atomic mass is 79.9. The van der Waals surface area contributed by atoms with Crippen molar-refractivity contribution >= 4 is 121 Å². The number of anilines is 3. The zero-order valence-corrected chi connectivity index (χ0v) is 37.9. The van der Waals surface area contributed by atoms with Crippen LogP contribution in [0.2, 0.25) is 10.0 Å². The van der Waals surface area contributed by atoms with Gasteiger partial charge in [0, 0.05) is 67.0 Å². The fourth-order valence-corrected chi connectivity index (χ4v) is 10.1. The van der Waals surface area contributed by atoms with Crippen LogP contribution in [-0.4, -0.2) is 44.9 Å². The van der Waals surface area contributed by atoms with Crippen molar-refractivity contribution in [2.75, 3.05) is 17.2 Å². The van der Waals surface area contributed by atoms with Gasteiger partial charge in [-0.3, -0.25) is 15.0 Å². The normalized spacial score (nSPS) is 11.0. The van der Waals surface area contributed by atoms with E-state index in [9.17, 15) is 0 Å². The smallest absolute Gasteiger partial charge is 0.180 e. The minimum atomic E-state index is 0.457. The largest absolute Gasteiger partial charge is 0.382 e. The Morgan fingerprint density at radius 1 is 0.397 bits per heavy atom. The zero-order chi connectivity index (χ0) is 43.5. The quantitative estimate of drug-likeness (QED) is 0.148. The second-order valence-corrected chi connectivity index (χ2v) is 17.6. The van der Waals surface area contributed by atoms with E-state index in [0.717, 1.165) is 63.1 Å². The lowest BCUT2D eigenvalue weighted by Gasteiger charge is -2.05. The molecular formula is C45H29BrCl2N12S3. The number of hydrogen-bond acceptors (Lipinski definition) is 15. The number of nitrogens with two attached hydrogens (primary N) is 3. The van der Waals surface area contributed by atoms with Crippen molar-refractivity contribution in [1.29, 1.82) is 0 Å². The number of hydrogen-bond donors (Lipinski definition) is 3. The molecule has 11 rings (SSSR count). The molecule has 2 aromatic carbocycles. The molecule has 9 aromatic heterocycles. The number of aromatic nitrogens is 9. The Morgan fingerprint density at radius 3 is 1.13 bits per heavy atom. The van der Waals surface area contributed by atoms with Crippen LogP contribution in [0.25, 0.3) is 87.5 Å². The Morgan fingerprint density at radius 2 is 0.746 bits per heavy atom. The van der Waals surface area contributed by atoms with Gasteiger partial charge < -0.3 is 17.2 Å². The van der Waals surface area contributed by atoms with Gasteiger partial charge in [0.15, 0.2) is 17.5 Å². The summed E-state index contributed by atoms with van der Waals surface area (Å²) in [6.45, 7) is 0. The third kappa shape index (κ3) is 8.77. The van der Waals surface area contributed by atoms with Crippen LogP contribution in [0, 0.1) is 0 Å². The molecule has 12 nitrogen and oxygen atoms in total. The Balaban J connectivity index is 0.000000122. The minimum Gasteiger partial charge on any atom is -0.382 e. The summed E-state index contributed by atoms with van der Waals surface area (Å²) in [5, 5.41) is 7.35. The summed E-state index contributed by atoms with van der Waals surface area (Å²) in [6.07, 6.45) is 5.13.